The molecular weight excluding hydrogens is 386 g/mol. The van der Waals surface area contributed by atoms with Crippen molar-refractivity contribution in [2.24, 2.45) is 0 Å². The quantitative estimate of drug-likeness (QED) is 0.801. The van der Waals surface area contributed by atoms with Gasteiger partial charge in [-0.1, -0.05) is 46.8 Å². The summed E-state index contributed by atoms with van der Waals surface area (Å²) in [4.78, 5) is 39.7. The molecule has 0 spiro atoms. The fourth-order valence-electron chi connectivity index (χ4n) is 2.55. The Labute approximate surface area is 155 Å². The number of ether oxygens (including phenoxy) is 2. The van der Waals surface area contributed by atoms with Gasteiger partial charge in [-0.25, -0.2) is 9.59 Å². The minimum atomic E-state index is -0.665. The third-order valence-electron chi connectivity index (χ3n) is 3.62. The number of carbonyl (C=O) groups is 2. The highest BCUT2D eigenvalue weighted by Gasteiger charge is 2.39. The number of esters is 2. The maximum Gasteiger partial charge on any atom is 0.345 e. The van der Waals surface area contributed by atoms with Crippen molar-refractivity contribution in [3.8, 4) is 0 Å². The van der Waals surface area contributed by atoms with Crippen LogP contribution in [0.5, 0.6) is 0 Å². The first kappa shape index (κ1) is 17.8. The number of rotatable bonds is 3. The van der Waals surface area contributed by atoms with E-state index in [4.69, 9.17) is 21.1 Å². The van der Waals surface area contributed by atoms with Crippen LogP contribution in [0, 0.1) is 0 Å². The third-order valence-corrected chi connectivity index (χ3v) is 6.07. The molecular formula is C16H12ClNO5S2. The molecule has 1 aliphatic rings. The van der Waals surface area contributed by atoms with Gasteiger partial charge in [0.2, 0.25) is 0 Å². The van der Waals surface area contributed by atoms with E-state index in [2.05, 4.69) is 4.98 Å². The van der Waals surface area contributed by atoms with E-state index in [9.17, 15) is 14.4 Å². The summed E-state index contributed by atoms with van der Waals surface area (Å²) >= 11 is 7.94. The van der Waals surface area contributed by atoms with Gasteiger partial charge in [0, 0.05) is 5.02 Å². The standard InChI is InChI=1S/C16H12ClNO5S2/c1-22-14(19)10-9(7-3-5-8(17)6-4-7)11-13(18-16(21)25-11)24-12(10)15(20)23-2/h3-6,9H,1-2H3,(H,18,21)/t9-/m1/s1. The van der Waals surface area contributed by atoms with Crippen LogP contribution in [0.2, 0.25) is 5.02 Å². The van der Waals surface area contributed by atoms with E-state index in [1.807, 2.05) is 0 Å². The number of fused-ring (bicyclic) bond motifs is 1. The number of carbonyl (C=O) groups excluding carboxylic acids is 2. The van der Waals surface area contributed by atoms with Gasteiger partial charge >= 0.3 is 16.8 Å². The summed E-state index contributed by atoms with van der Waals surface area (Å²) in [5, 5.41) is 1.05. The zero-order chi connectivity index (χ0) is 18.1. The molecule has 1 N–H and O–H groups in total. The molecule has 1 aromatic heterocycles. The molecule has 0 saturated carbocycles. The summed E-state index contributed by atoms with van der Waals surface area (Å²) in [5.74, 6) is -1.94. The van der Waals surface area contributed by atoms with Gasteiger partial charge in [-0.05, 0) is 17.7 Å². The number of benzene rings is 1. The predicted molar refractivity (Wildman–Crippen MR) is 95.1 cm³/mol. The van der Waals surface area contributed by atoms with Crippen LogP contribution >= 0.6 is 34.7 Å². The molecule has 0 radical (unpaired) electrons. The van der Waals surface area contributed by atoms with Crippen LogP contribution in [0.1, 0.15) is 16.4 Å². The zero-order valence-corrected chi connectivity index (χ0v) is 15.5. The molecule has 6 nitrogen and oxygen atoms in total. The van der Waals surface area contributed by atoms with Crippen molar-refractivity contribution >= 4 is 46.6 Å². The second-order valence-corrected chi connectivity index (χ2v) is 7.49. The van der Waals surface area contributed by atoms with E-state index in [1.165, 1.54) is 14.2 Å². The summed E-state index contributed by atoms with van der Waals surface area (Å²) < 4.78 is 9.69. The SMILES string of the molecule is COC(=O)C1=C(C(=O)OC)[C@@H](c2ccc(Cl)cc2)c2sc(=O)[nH]c2S1. The van der Waals surface area contributed by atoms with E-state index in [1.54, 1.807) is 24.3 Å². The van der Waals surface area contributed by atoms with Gasteiger partial charge in [0.1, 0.15) is 4.91 Å². The van der Waals surface area contributed by atoms with Gasteiger partial charge in [0.05, 0.1) is 35.6 Å². The Morgan fingerprint density at radius 1 is 1.12 bits per heavy atom. The topological polar surface area (TPSA) is 85.5 Å². The van der Waals surface area contributed by atoms with Crippen molar-refractivity contribution in [3.63, 3.8) is 0 Å². The molecule has 0 fully saturated rings. The van der Waals surface area contributed by atoms with E-state index in [0.29, 0.717) is 20.5 Å². The molecule has 1 aliphatic heterocycles. The molecule has 0 unspecified atom stereocenters. The maximum absolute atomic E-state index is 12.5. The Morgan fingerprint density at radius 3 is 2.36 bits per heavy atom. The van der Waals surface area contributed by atoms with E-state index in [0.717, 1.165) is 23.1 Å². The molecule has 3 rings (SSSR count). The number of methoxy groups -OCH3 is 2. The Balaban J connectivity index is 2.28. The van der Waals surface area contributed by atoms with Crippen LogP contribution in [0.4, 0.5) is 0 Å². The summed E-state index contributed by atoms with van der Waals surface area (Å²) in [6, 6.07) is 6.85. The van der Waals surface area contributed by atoms with Gasteiger partial charge in [0.15, 0.2) is 0 Å². The zero-order valence-electron chi connectivity index (χ0n) is 13.1. The monoisotopic (exact) mass is 397 g/mol. The largest absolute Gasteiger partial charge is 0.466 e. The maximum atomic E-state index is 12.5. The summed E-state index contributed by atoms with van der Waals surface area (Å²) in [5.41, 5.74) is 0.854. The van der Waals surface area contributed by atoms with E-state index >= 15 is 0 Å². The van der Waals surface area contributed by atoms with Crippen molar-refractivity contribution in [3.05, 3.63) is 59.9 Å². The van der Waals surface area contributed by atoms with Gasteiger partial charge in [-0.2, -0.15) is 0 Å². The highest BCUT2D eigenvalue weighted by atomic mass is 35.5. The number of thioether (sulfide) groups is 1. The van der Waals surface area contributed by atoms with Gasteiger partial charge in [-0.15, -0.1) is 0 Å². The summed E-state index contributed by atoms with van der Waals surface area (Å²) in [7, 11) is 2.47. The van der Waals surface area contributed by atoms with E-state index in [-0.39, 0.29) is 15.4 Å². The average molecular weight is 398 g/mol. The lowest BCUT2D eigenvalue weighted by Gasteiger charge is -2.25. The molecule has 25 heavy (non-hydrogen) atoms. The number of nitrogens with one attached hydrogen (secondary N) is 1. The normalized spacial score (nSPS) is 16.4. The Hall–Kier alpha value is -2.03. The van der Waals surface area contributed by atoms with Crippen LogP contribution in [0.15, 0.2) is 44.6 Å². The molecule has 0 amide bonds. The molecule has 1 atom stereocenters. The lowest BCUT2D eigenvalue weighted by atomic mass is 9.89. The molecule has 9 heteroatoms. The number of halogens is 1. The van der Waals surface area contributed by atoms with Crippen molar-refractivity contribution in [2.75, 3.05) is 14.2 Å². The van der Waals surface area contributed by atoms with E-state index < -0.39 is 17.9 Å². The lowest BCUT2D eigenvalue weighted by Crippen LogP contribution is -2.22. The van der Waals surface area contributed by atoms with Crippen molar-refractivity contribution < 1.29 is 19.1 Å². The van der Waals surface area contributed by atoms with Crippen LogP contribution < -0.4 is 4.87 Å². The average Bonchev–Trinajstić information content (AvgIpc) is 2.99. The Kier molecular flexibility index (Phi) is 5.03. The molecule has 0 aliphatic carbocycles. The molecule has 1 aromatic carbocycles. The van der Waals surface area contributed by atoms with Crippen LogP contribution in [-0.2, 0) is 19.1 Å². The first-order valence-electron chi connectivity index (χ1n) is 7.03. The first-order chi connectivity index (χ1) is 12.0. The van der Waals surface area contributed by atoms with Crippen molar-refractivity contribution in [1.82, 2.24) is 4.98 Å². The lowest BCUT2D eigenvalue weighted by molar-refractivity contribution is -0.139. The minimum absolute atomic E-state index is 0.0934. The highest BCUT2D eigenvalue weighted by molar-refractivity contribution is 8.04. The van der Waals surface area contributed by atoms with Crippen molar-refractivity contribution in [2.45, 2.75) is 10.9 Å². The first-order valence-corrected chi connectivity index (χ1v) is 9.04. The number of thiazole rings is 1. The Morgan fingerprint density at radius 2 is 1.76 bits per heavy atom. The number of hydrogen-bond donors (Lipinski definition) is 1. The van der Waals surface area contributed by atoms with Gasteiger partial charge < -0.3 is 14.5 Å². The van der Waals surface area contributed by atoms with Crippen molar-refractivity contribution in [1.29, 1.82) is 0 Å². The molecule has 0 bridgehead atoms. The number of aromatic nitrogens is 1. The molecule has 0 saturated heterocycles. The molecule has 2 heterocycles. The van der Waals surface area contributed by atoms with Gasteiger partial charge in [-0.3, -0.25) is 4.79 Å². The number of H-pyrrole nitrogens is 1. The summed E-state index contributed by atoms with van der Waals surface area (Å²) in [6.07, 6.45) is 0. The third kappa shape index (κ3) is 3.24. The van der Waals surface area contributed by atoms with Crippen LogP contribution in [-0.4, -0.2) is 31.1 Å². The minimum Gasteiger partial charge on any atom is -0.466 e. The fraction of sp³-hybridized carbons (Fsp3) is 0.188. The van der Waals surface area contributed by atoms with Crippen LogP contribution in [0.25, 0.3) is 0 Å². The second-order valence-electron chi connectivity index (χ2n) is 5.02. The summed E-state index contributed by atoms with van der Waals surface area (Å²) in [6.45, 7) is 0. The Bertz CT molecular complexity index is 929. The smallest absolute Gasteiger partial charge is 0.345 e. The number of aromatic amines is 1. The molecule has 130 valence electrons. The number of hydrogen-bond acceptors (Lipinski definition) is 7. The fourth-order valence-corrected chi connectivity index (χ4v) is 4.90. The highest BCUT2D eigenvalue weighted by Crippen LogP contribution is 2.48. The second kappa shape index (κ2) is 7.07. The van der Waals surface area contributed by atoms with Crippen LogP contribution in [0.3, 0.4) is 0 Å². The predicted octanol–water partition coefficient (Wildman–Crippen LogP) is 2.93. The van der Waals surface area contributed by atoms with Gasteiger partial charge in [0.25, 0.3) is 0 Å². The molecule has 2 aromatic rings.